The number of benzene rings is 2. The normalized spacial score (nSPS) is 16.6. The van der Waals surface area contributed by atoms with Gasteiger partial charge in [0.1, 0.15) is 0 Å². The van der Waals surface area contributed by atoms with Gasteiger partial charge in [-0.15, -0.1) is 0 Å². The van der Waals surface area contributed by atoms with Gasteiger partial charge in [-0.3, -0.25) is 9.10 Å². The zero-order valence-corrected chi connectivity index (χ0v) is 15.8. The van der Waals surface area contributed by atoms with E-state index in [9.17, 15) is 13.2 Å². The van der Waals surface area contributed by atoms with Crippen molar-refractivity contribution < 1.29 is 13.2 Å². The summed E-state index contributed by atoms with van der Waals surface area (Å²) in [5.74, 6) is -0.256. The quantitative estimate of drug-likeness (QED) is 0.887. The van der Waals surface area contributed by atoms with E-state index in [-0.39, 0.29) is 11.9 Å². The summed E-state index contributed by atoms with van der Waals surface area (Å²) in [5, 5.41) is 3.40. The van der Waals surface area contributed by atoms with Gasteiger partial charge in [0, 0.05) is 22.3 Å². The van der Waals surface area contributed by atoms with Crippen molar-refractivity contribution in [1.82, 2.24) is 0 Å². The maximum atomic E-state index is 12.5. The SMILES string of the molecule is Cc1ccc(NC(=O)c2ccc3c(c2)C[C@@H](C)N3S(C)(=O)=O)cc1Cl. The fourth-order valence-electron chi connectivity index (χ4n) is 3.12. The first-order valence-corrected chi connectivity index (χ1v) is 10.1. The first kappa shape index (κ1) is 17.8. The highest BCUT2D eigenvalue weighted by molar-refractivity contribution is 7.92. The zero-order chi connectivity index (χ0) is 18.4. The van der Waals surface area contributed by atoms with Gasteiger partial charge in [-0.2, -0.15) is 0 Å². The van der Waals surface area contributed by atoms with E-state index in [0.29, 0.717) is 28.4 Å². The Morgan fingerprint density at radius 1 is 1.24 bits per heavy atom. The van der Waals surface area contributed by atoms with Crippen LogP contribution in [0.4, 0.5) is 11.4 Å². The van der Waals surface area contributed by atoms with E-state index in [0.717, 1.165) is 11.1 Å². The summed E-state index contributed by atoms with van der Waals surface area (Å²) >= 11 is 6.08. The van der Waals surface area contributed by atoms with Crippen LogP contribution in [-0.4, -0.2) is 26.6 Å². The van der Waals surface area contributed by atoms with E-state index < -0.39 is 10.0 Å². The second-order valence-corrected chi connectivity index (χ2v) is 8.64. The number of anilines is 2. The lowest BCUT2D eigenvalue weighted by Gasteiger charge is -2.21. The van der Waals surface area contributed by atoms with Crippen LogP contribution in [0.25, 0.3) is 0 Å². The van der Waals surface area contributed by atoms with Crippen LogP contribution in [0, 0.1) is 6.92 Å². The molecule has 0 aliphatic carbocycles. The Bertz CT molecular complexity index is 957. The van der Waals surface area contributed by atoms with Crippen LogP contribution in [0.5, 0.6) is 0 Å². The molecule has 0 spiro atoms. The van der Waals surface area contributed by atoms with Gasteiger partial charge in [0.25, 0.3) is 5.91 Å². The number of nitrogens with zero attached hydrogens (tertiary/aromatic N) is 1. The fraction of sp³-hybridized carbons (Fsp3) is 0.278. The molecule has 0 bridgehead atoms. The van der Waals surface area contributed by atoms with Crippen molar-refractivity contribution in [3.63, 3.8) is 0 Å². The van der Waals surface area contributed by atoms with Crippen molar-refractivity contribution >= 4 is 38.9 Å². The standard InChI is InChI=1S/C18H19ClN2O3S/c1-11-4-6-15(10-16(11)19)20-18(22)13-5-7-17-14(9-13)8-12(2)21(17)25(3,23)24/h4-7,9-10,12H,8H2,1-3H3,(H,20,22)/t12-/m1/s1. The van der Waals surface area contributed by atoms with Crippen LogP contribution in [0.1, 0.15) is 28.4 Å². The lowest BCUT2D eigenvalue weighted by Crippen LogP contribution is -2.34. The largest absolute Gasteiger partial charge is 0.322 e. The van der Waals surface area contributed by atoms with Gasteiger partial charge in [0.15, 0.2) is 0 Å². The van der Waals surface area contributed by atoms with Crippen molar-refractivity contribution in [1.29, 1.82) is 0 Å². The smallest absolute Gasteiger partial charge is 0.255 e. The van der Waals surface area contributed by atoms with Gasteiger partial charge >= 0.3 is 0 Å². The number of hydrogen-bond donors (Lipinski definition) is 1. The number of fused-ring (bicyclic) bond motifs is 1. The molecule has 0 fully saturated rings. The summed E-state index contributed by atoms with van der Waals surface area (Å²) in [6.07, 6.45) is 1.78. The Balaban J connectivity index is 1.86. The van der Waals surface area contributed by atoms with Gasteiger partial charge < -0.3 is 5.32 Å². The molecule has 1 amide bonds. The van der Waals surface area contributed by atoms with Crippen LogP contribution in [0.15, 0.2) is 36.4 Å². The Labute approximate surface area is 152 Å². The average molecular weight is 379 g/mol. The molecular formula is C18H19ClN2O3S. The minimum absolute atomic E-state index is 0.154. The van der Waals surface area contributed by atoms with E-state index in [1.807, 2.05) is 19.9 Å². The maximum absolute atomic E-state index is 12.5. The number of halogens is 1. The fourth-order valence-corrected chi connectivity index (χ4v) is 4.57. The molecule has 1 N–H and O–H groups in total. The van der Waals surface area contributed by atoms with E-state index in [1.165, 1.54) is 10.6 Å². The van der Waals surface area contributed by atoms with Crippen molar-refractivity contribution in [2.45, 2.75) is 26.3 Å². The third-order valence-electron chi connectivity index (χ3n) is 4.28. The van der Waals surface area contributed by atoms with E-state index >= 15 is 0 Å². The molecule has 3 rings (SSSR count). The molecule has 0 saturated heterocycles. The molecule has 0 radical (unpaired) electrons. The third-order valence-corrected chi connectivity index (χ3v) is 5.96. The summed E-state index contributed by atoms with van der Waals surface area (Å²) in [6, 6.07) is 10.3. The minimum atomic E-state index is -3.34. The van der Waals surface area contributed by atoms with Crippen LogP contribution in [0.2, 0.25) is 5.02 Å². The van der Waals surface area contributed by atoms with Crippen LogP contribution < -0.4 is 9.62 Å². The second kappa shape index (κ2) is 6.35. The zero-order valence-electron chi connectivity index (χ0n) is 14.2. The first-order valence-electron chi connectivity index (χ1n) is 7.86. The molecule has 1 heterocycles. The molecule has 0 saturated carbocycles. The summed E-state index contributed by atoms with van der Waals surface area (Å²) in [5.41, 5.74) is 3.54. The lowest BCUT2D eigenvalue weighted by molar-refractivity contribution is 0.102. The number of rotatable bonds is 3. The molecule has 1 atom stereocenters. The molecule has 2 aromatic rings. The Kier molecular flexibility index (Phi) is 4.51. The average Bonchev–Trinajstić information content (AvgIpc) is 2.85. The number of amides is 1. The monoisotopic (exact) mass is 378 g/mol. The maximum Gasteiger partial charge on any atom is 0.255 e. The predicted molar refractivity (Wildman–Crippen MR) is 101 cm³/mol. The minimum Gasteiger partial charge on any atom is -0.322 e. The molecule has 0 unspecified atom stereocenters. The highest BCUT2D eigenvalue weighted by atomic mass is 35.5. The molecule has 1 aliphatic heterocycles. The molecule has 25 heavy (non-hydrogen) atoms. The van der Waals surface area contributed by atoms with E-state index in [2.05, 4.69) is 5.32 Å². The summed E-state index contributed by atoms with van der Waals surface area (Å²) < 4.78 is 25.3. The number of carbonyl (C=O) groups excluding carboxylic acids is 1. The number of aryl methyl sites for hydroxylation is 1. The van der Waals surface area contributed by atoms with Crippen molar-refractivity contribution in [3.05, 3.63) is 58.1 Å². The Morgan fingerprint density at radius 2 is 1.96 bits per heavy atom. The topological polar surface area (TPSA) is 66.5 Å². The summed E-state index contributed by atoms with van der Waals surface area (Å²) in [6.45, 7) is 3.75. The Morgan fingerprint density at radius 3 is 2.60 bits per heavy atom. The first-order chi connectivity index (χ1) is 11.7. The summed E-state index contributed by atoms with van der Waals surface area (Å²) in [4.78, 5) is 12.5. The highest BCUT2D eigenvalue weighted by Gasteiger charge is 2.32. The molecule has 5 nitrogen and oxygen atoms in total. The third kappa shape index (κ3) is 3.50. The predicted octanol–water partition coefficient (Wildman–Crippen LogP) is 3.61. The van der Waals surface area contributed by atoms with Crippen LogP contribution >= 0.6 is 11.6 Å². The van der Waals surface area contributed by atoms with Crippen molar-refractivity contribution in [2.24, 2.45) is 0 Å². The second-order valence-electron chi connectivity index (χ2n) is 6.37. The van der Waals surface area contributed by atoms with E-state index in [1.54, 1.807) is 30.3 Å². The van der Waals surface area contributed by atoms with Crippen LogP contribution in [0.3, 0.4) is 0 Å². The van der Waals surface area contributed by atoms with Gasteiger partial charge in [-0.05, 0) is 61.7 Å². The molecular weight excluding hydrogens is 360 g/mol. The van der Waals surface area contributed by atoms with Crippen LogP contribution in [-0.2, 0) is 16.4 Å². The number of nitrogens with one attached hydrogen (secondary N) is 1. The number of carbonyl (C=O) groups is 1. The van der Waals surface area contributed by atoms with E-state index in [4.69, 9.17) is 11.6 Å². The van der Waals surface area contributed by atoms with Gasteiger partial charge in [-0.25, -0.2) is 8.42 Å². The van der Waals surface area contributed by atoms with Gasteiger partial charge in [-0.1, -0.05) is 17.7 Å². The summed E-state index contributed by atoms with van der Waals surface area (Å²) in [7, 11) is -3.34. The number of hydrogen-bond acceptors (Lipinski definition) is 3. The molecule has 1 aliphatic rings. The highest BCUT2D eigenvalue weighted by Crippen LogP contribution is 2.34. The van der Waals surface area contributed by atoms with Gasteiger partial charge in [0.2, 0.25) is 10.0 Å². The molecule has 0 aromatic heterocycles. The molecule has 132 valence electrons. The lowest BCUT2D eigenvalue weighted by atomic mass is 10.1. The van der Waals surface area contributed by atoms with Crippen molar-refractivity contribution in [2.75, 3.05) is 15.9 Å². The molecule has 2 aromatic carbocycles. The molecule has 7 heteroatoms. The van der Waals surface area contributed by atoms with Crippen molar-refractivity contribution in [3.8, 4) is 0 Å². The van der Waals surface area contributed by atoms with Gasteiger partial charge in [0.05, 0.1) is 11.9 Å². The number of sulfonamides is 1. The Hall–Kier alpha value is -2.05.